The van der Waals surface area contributed by atoms with Crippen LogP contribution in [0.1, 0.15) is 51.4 Å². The summed E-state index contributed by atoms with van der Waals surface area (Å²) in [6, 6.07) is 18.7. The molecule has 0 atom stereocenters. The quantitative estimate of drug-likeness (QED) is 0.583. The number of hydrogen-bond donors (Lipinski definition) is 1. The third-order valence-electron chi connectivity index (χ3n) is 6.13. The summed E-state index contributed by atoms with van der Waals surface area (Å²) in [5.74, 6) is 0.327. The summed E-state index contributed by atoms with van der Waals surface area (Å²) in [5, 5.41) is 11.7. The number of carbonyl (C=O) groups excluding carboxylic acids is 2. The number of nitriles is 1. The fourth-order valence-corrected chi connectivity index (χ4v) is 4.09. The van der Waals surface area contributed by atoms with E-state index >= 15 is 0 Å². The van der Waals surface area contributed by atoms with Crippen LogP contribution in [-0.2, 0) is 11.3 Å². The number of piperidine rings is 1. The van der Waals surface area contributed by atoms with E-state index in [9.17, 15) is 9.59 Å². The molecule has 172 valence electrons. The number of nitrogens with zero attached hydrogens (tertiary/aromatic N) is 3. The molecule has 2 amide bonds. The maximum absolute atomic E-state index is 13.1. The molecule has 0 bridgehead atoms. The third-order valence-corrected chi connectivity index (χ3v) is 6.13. The second-order valence-corrected chi connectivity index (χ2v) is 8.39. The van der Waals surface area contributed by atoms with Crippen molar-refractivity contribution in [1.82, 2.24) is 9.88 Å². The summed E-state index contributed by atoms with van der Waals surface area (Å²) in [6.45, 7) is 3.33. The smallest absolute Gasteiger partial charge is 0.411 e. The Labute approximate surface area is 199 Å². The maximum atomic E-state index is 13.1. The van der Waals surface area contributed by atoms with Gasteiger partial charge >= 0.3 is 6.09 Å². The molecule has 1 fully saturated rings. The second kappa shape index (κ2) is 10.6. The minimum absolute atomic E-state index is 0.0496. The molecule has 1 saturated heterocycles. The van der Waals surface area contributed by atoms with E-state index in [4.69, 9.17) is 10.00 Å². The first-order valence-electron chi connectivity index (χ1n) is 11.3. The monoisotopic (exact) mass is 454 g/mol. The molecule has 0 unspecified atom stereocenters. The van der Waals surface area contributed by atoms with Gasteiger partial charge in [0, 0.05) is 36.7 Å². The number of aryl methyl sites for hydroxylation is 1. The number of aromatic nitrogens is 1. The maximum Gasteiger partial charge on any atom is 0.411 e. The zero-order chi connectivity index (χ0) is 23.9. The highest BCUT2D eigenvalue weighted by Gasteiger charge is 2.25. The second-order valence-electron chi connectivity index (χ2n) is 8.39. The van der Waals surface area contributed by atoms with Gasteiger partial charge in [0.05, 0.1) is 11.6 Å². The molecule has 1 aliphatic rings. The van der Waals surface area contributed by atoms with Crippen LogP contribution < -0.4 is 5.32 Å². The van der Waals surface area contributed by atoms with Gasteiger partial charge in [-0.25, -0.2) is 4.79 Å². The Bertz CT molecular complexity index is 1190. The van der Waals surface area contributed by atoms with E-state index < -0.39 is 6.09 Å². The van der Waals surface area contributed by atoms with Gasteiger partial charge in [-0.1, -0.05) is 18.2 Å². The number of nitrogens with one attached hydrogen (secondary N) is 1. The number of benzene rings is 2. The lowest BCUT2D eigenvalue weighted by atomic mass is 9.89. The lowest BCUT2D eigenvalue weighted by Gasteiger charge is -2.32. The van der Waals surface area contributed by atoms with Gasteiger partial charge in [-0.15, -0.1) is 0 Å². The van der Waals surface area contributed by atoms with Crippen LogP contribution in [0.25, 0.3) is 0 Å². The van der Waals surface area contributed by atoms with Gasteiger partial charge in [0.15, 0.2) is 0 Å². The number of pyridine rings is 1. The van der Waals surface area contributed by atoms with Crippen LogP contribution in [0.3, 0.4) is 0 Å². The van der Waals surface area contributed by atoms with Gasteiger partial charge in [0.2, 0.25) is 0 Å². The van der Waals surface area contributed by atoms with Crippen LogP contribution >= 0.6 is 0 Å². The molecule has 0 radical (unpaired) electrons. The van der Waals surface area contributed by atoms with Crippen molar-refractivity contribution < 1.29 is 14.3 Å². The zero-order valence-electron chi connectivity index (χ0n) is 19.0. The Balaban J connectivity index is 1.35. The summed E-state index contributed by atoms with van der Waals surface area (Å²) in [6.07, 6.45) is 4.45. The molecule has 0 saturated carbocycles. The van der Waals surface area contributed by atoms with Crippen LogP contribution in [0.4, 0.5) is 10.5 Å². The molecule has 34 heavy (non-hydrogen) atoms. The van der Waals surface area contributed by atoms with Crippen molar-refractivity contribution in [2.75, 3.05) is 18.4 Å². The van der Waals surface area contributed by atoms with E-state index in [0.717, 1.165) is 24.0 Å². The average molecular weight is 455 g/mol. The van der Waals surface area contributed by atoms with E-state index in [2.05, 4.69) is 16.4 Å². The number of amides is 2. The molecule has 0 aliphatic carbocycles. The van der Waals surface area contributed by atoms with E-state index in [1.54, 1.807) is 36.7 Å². The van der Waals surface area contributed by atoms with Gasteiger partial charge < -0.3 is 9.64 Å². The Morgan fingerprint density at radius 2 is 1.79 bits per heavy atom. The van der Waals surface area contributed by atoms with Crippen LogP contribution in [0, 0.1) is 18.3 Å². The Hall–Kier alpha value is -4.18. The number of likely N-dealkylation sites (tertiary alicyclic amines) is 1. The van der Waals surface area contributed by atoms with Crippen molar-refractivity contribution >= 4 is 17.7 Å². The van der Waals surface area contributed by atoms with E-state index in [1.807, 2.05) is 42.2 Å². The topological polar surface area (TPSA) is 95.3 Å². The summed E-state index contributed by atoms with van der Waals surface area (Å²) >= 11 is 0. The van der Waals surface area contributed by atoms with Crippen molar-refractivity contribution in [2.24, 2.45) is 0 Å². The van der Waals surface area contributed by atoms with E-state index in [0.29, 0.717) is 35.8 Å². The average Bonchev–Trinajstić information content (AvgIpc) is 2.89. The minimum Gasteiger partial charge on any atom is -0.444 e. The van der Waals surface area contributed by atoms with Crippen molar-refractivity contribution in [1.29, 1.82) is 5.26 Å². The van der Waals surface area contributed by atoms with Gasteiger partial charge in [-0.3, -0.25) is 15.1 Å². The van der Waals surface area contributed by atoms with E-state index in [1.165, 1.54) is 5.56 Å². The van der Waals surface area contributed by atoms with Crippen LogP contribution in [0.2, 0.25) is 0 Å². The first kappa shape index (κ1) is 23.0. The largest absolute Gasteiger partial charge is 0.444 e. The number of carbonyl (C=O) groups is 2. The van der Waals surface area contributed by atoms with Gasteiger partial charge in [-0.2, -0.15) is 5.26 Å². The predicted molar refractivity (Wildman–Crippen MR) is 128 cm³/mol. The lowest BCUT2D eigenvalue weighted by Crippen LogP contribution is -2.38. The molecule has 3 aromatic rings. The Morgan fingerprint density at radius 1 is 1.09 bits per heavy atom. The molecule has 0 spiro atoms. The normalized spacial score (nSPS) is 13.7. The molecule has 2 aromatic carbocycles. The fourth-order valence-electron chi connectivity index (χ4n) is 4.09. The summed E-state index contributed by atoms with van der Waals surface area (Å²) < 4.78 is 5.28. The standard InChI is InChI=1S/C27H26N4O3/c1-19-2-5-24(16-25(19)30-27(33)34-18-21-8-12-29-13-9-21)26(32)31-14-10-23(11-15-31)22-6-3-20(17-28)4-7-22/h2-9,12-13,16,23H,10-11,14-15,18H2,1H3,(H,30,33). The molecule has 2 heterocycles. The highest BCUT2D eigenvalue weighted by molar-refractivity contribution is 5.96. The van der Waals surface area contributed by atoms with Crippen molar-refractivity contribution in [3.05, 3.63) is 94.8 Å². The van der Waals surface area contributed by atoms with E-state index in [-0.39, 0.29) is 12.5 Å². The predicted octanol–water partition coefficient (Wildman–Crippen LogP) is 5.03. The molecule has 4 rings (SSSR count). The minimum atomic E-state index is -0.576. The SMILES string of the molecule is Cc1ccc(C(=O)N2CCC(c3ccc(C#N)cc3)CC2)cc1NC(=O)OCc1ccncc1. The van der Waals surface area contributed by atoms with Crippen LogP contribution in [0.15, 0.2) is 67.0 Å². The van der Waals surface area contributed by atoms with Gasteiger partial charge in [0.1, 0.15) is 6.61 Å². The molecular formula is C27H26N4O3. The molecule has 7 nitrogen and oxygen atoms in total. The summed E-state index contributed by atoms with van der Waals surface area (Å²) in [7, 11) is 0. The number of ether oxygens (including phenoxy) is 1. The van der Waals surface area contributed by atoms with Crippen molar-refractivity contribution in [2.45, 2.75) is 32.3 Å². The zero-order valence-corrected chi connectivity index (χ0v) is 19.0. The number of anilines is 1. The van der Waals surface area contributed by atoms with Crippen molar-refractivity contribution in [3.63, 3.8) is 0 Å². The first-order valence-corrected chi connectivity index (χ1v) is 11.3. The molecule has 1 N–H and O–H groups in total. The number of hydrogen-bond acceptors (Lipinski definition) is 5. The summed E-state index contributed by atoms with van der Waals surface area (Å²) in [4.78, 5) is 31.2. The Kier molecular flexibility index (Phi) is 7.19. The molecule has 1 aliphatic heterocycles. The first-order chi connectivity index (χ1) is 16.5. The highest BCUT2D eigenvalue weighted by atomic mass is 16.5. The fraction of sp³-hybridized carbons (Fsp3) is 0.259. The Morgan fingerprint density at radius 3 is 2.47 bits per heavy atom. The molecular weight excluding hydrogens is 428 g/mol. The van der Waals surface area contributed by atoms with Crippen LogP contribution in [-0.4, -0.2) is 35.0 Å². The van der Waals surface area contributed by atoms with Gasteiger partial charge in [-0.05, 0) is 78.8 Å². The van der Waals surface area contributed by atoms with Crippen LogP contribution in [0.5, 0.6) is 0 Å². The van der Waals surface area contributed by atoms with Crippen molar-refractivity contribution in [3.8, 4) is 6.07 Å². The van der Waals surface area contributed by atoms with Gasteiger partial charge in [0.25, 0.3) is 5.91 Å². The summed E-state index contributed by atoms with van der Waals surface area (Å²) in [5.41, 5.74) is 4.64. The molecule has 1 aromatic heterocycles. The third kappa shape index (κ3) is 5.59. The number of rotatable bonds is 5. The highest BCUT2D eigenvalue weighted by Crippen LogP contribution is 2.29. The lowest BCUT2D eigenvalue weighted by molar-refractivity contribution is 0.0713. The molecule has 7 heteroatoms.